The summed E-state index contributed by atoms with van der Waals surface area (Å²) in [6.45, 7) is 4.31. The number of aromatic amines is 1. The van der Waals surface area contributed by atoms with Gasteiger partial charge in [0.15, 0.2) is 17.1 Å². The van der Waals surface area contributed by atoms with Gasteiger partial charge in [-0.25, -0.2) is 15.0 Å². The quantitative estimate of drug-likeness (QED) is 0.256. The molecule has 0 aliphatic carbocycles. The first-order valence-electron chi connectivity index (χ1n) is 11.7. The number of benzene rings is 2. The second kappa shape index (κ2) is 10.1. The van der Waals surface area contributed by atoms with E-state index in [9.17, 15) is 4.57 Å². The predicted molar refractivity (Wildman–Crippen MR) is 135 cm³/mol. The first kappa shape index (κ1) is 23.4. The van der Waals surface area contributed by atoms with E-state index in [-0.39, 0.29) is 0 Å². The first-order chi connectivity index (χ1) is 17.1. The smallest absolute Gasteiger partial charge is 0.330 e. The zero-order valence-electron chi connectivity index (χ0n) is 19.7. The standard InChI is InChI=1S/C25H27N6O3P/c1-3-33-35(32,34-4-2)16-8-11-21-28-24-22(26-17-27-24)25-29-23(30-31(21)25)20-14-12-19(13-15-20)18-9-6-5-7-10-18/h5-7,9-10,12-15,17H,3-4,8,11,16H2,1-2H3,(H,26,27). The van der Waals surface area contributed by atoms with Gasteiger partial charge < -0.3 is 14.0 Å². The molecule has 35 heavy (non-hydrogen) atoms. The molecule has 0 bridgehead atoms. The van der Waals surface area contributed by atoms with Gasteiger partial charge in [-0.15, -0.1) is 5.10 Å². The van der Waals surface area contributed by atoms with Crippen LogP contribution >= 0.6 is 7.60 Å². The minimum absolute atomic E-state index is 0.305. The third kappa shape index (κ3) is 4.89. The second-order valence-electron chi connectivity index (χ2n) is 8.02. The molecule has 0 saturated carbocycles. The highest BCUT2D eigenvalue weighted by molar-refractivity contribution is 7.53. The van der Waals surface area contributed by atoms with Crippen LogP contribution in [0.2, 0.25) is 0 Å². The van der Waals surface area contributed by atoms with Crippen molar-refractivity contribution in [3.8, 4) is 22.5 Å². The molecule has 0 spiro atoms. The Balaban J connectivity index is 1.45. The Hall–Kier alpha value is -3.39. The third-order valence-electron chi connectivity index (χ3n) is 5.66. The van der Waals surface area contributed by atoms with E-state index in [0.29, 0.717) is 55.2 Å². The minimum atomic E-state index is -3.12. The zero-order chi connectivity index (χ0) is 24.3. The molecule has 0 atom stereocenters. The number of hydrogen-bond acceptors (Lipinski definition) is 7. The molecular weight excluding hydrogens is 463 g/mol. The summed E-state index contributed by atoms with van der Waals surface area (Å²) < 4.78 is 25.4. The van der Waals surface area contributed by atoms with Crippen molar-refractivity contribution >= 4 is 24.4 Å². The largest absolute Gasteiger partial charge is 0.340 e. The van der Waals surface area contributed by atoms with Gasteiger partial charge >= 0.3 is 7.60 Å². The maximum atomic E-state index is 12.8. The van der Waals surface area contributed by atoms with Crippen LogP contribution in [0.5, 0.6) is 0 Å². The second-order valence-corrected chi connectivity index (χ2v) is 10.2. The van der Waals surface area contributed by atoms with Crippen LogP contribution in [0, 0.1) is 0 Å². The van der Waals surface area contributed by atoms with Crippen LogP contribution in [0.4, 0.5) is 0 Å². The van der Waals surface area contributed by atoms with Crippen molar-refractivity contribution in [3.05, 3.63) is 66.7 Å². The Morgan fingerprint density at radius 3 is 2.31 bits per heavy atom. The van der Waals surface area contributed by atoms with Crippen molar-refractivity contribution < 1.29 is 13.6 Å². The van der Waals surface area contributed by atoms with Crippen molar-refractivity contribution in [3.63, 3.8) is 0 Å². The number of nitrogens with one attached hydrogen (secondary N) is 1. The van der Waals surface area contributed by atoms with Crippen LogP contribution < -0.4 is 0 Å². The Morgan fingerprint density at radius 1 is 0.914 bits per heavy atom. The van der Waals surface area contributed by atoms with Gasteiger partial charge in [0.2, 0.25) is 0 Å². The van der Waals surface area contributed by atoms with Gasteiger partial charge in [0.25, 0.3) is 0 Å². The van der Waals surface area contributed by atoms with Gasteiger partial charge in [-0.2, -0.15) is 4.52 Å². The fraction of sp³-hybridized carbons (Fsp3) is 0.280. The van der Waals surface area contributed by atoms with E-state index in [1.54, 1.807) is 10.8 Å². The van der Waals surface area contributed by atoms with E-state index in [0.717, 1.165) is 22.2 Å². The van der Waals surface area contributed by atoms with Crippen LogP contribution in [-0.4, -0.2) is 48.9 Å². The van der Waals surface area contributed by atoms with Gasteiger partial charge in [-0.05, 0) is 31.4 Å². The molecule has 1 N–H and O–H groups in total. The van der Waals surface area contributed by atoms with Crippen molar-refractivity contribution in [1.29, 1.82) is 0 Å². The fourth-order valence-corrected chi connectivity index (χ4v) is 5.74. The van der Waals surface area contributed by atoms with Gasteiger partial charge in [0.05, 0.1) is 25.7 Å². The van der Waals surface area contributed by atoms with E-state index < -0.39 is 7.60 Å². The van der Waals surface area contributed by atoms with Crippen LogP contribution in [0.15, 0.2) is 60.9 Å². The average Bonchev–Trinajstić information content (AvgIpc) is 3.52. The molecule has 2 aromatic carbocycles. The van der Waals surface area contributed by atoms with E-state index in [2.05, 4.69) is 39.2 Å². The summed E-state index contributed by atoms with van der Waals surface area (Å²) in [6, 6.07) is 18.4. The van der Waals surface area contributed by atoms with Crippen molar-refractivity contribution in [2.75, 3.05) is 19.4 Å². The molecule has 0 amide bonds. The molecule has 0 fully saturated rings. The van der Waals surface area contributed by atoms with Gasteiger partial charge in [-0.1, -0.05) is 54.6 Å². The van der Waals surface area contributed by atoms with Crippen LogP contribution in [0.25, 0.3) is 39.3 Å². The molecule has 0 unspecified atom stereocenters. The molecule has 3 heterocycles. The lowest BCUT2D eigenvalue weighted by Gasteiger charge is -2.16. The Kier molecular flexibility index (Phi) is 6.72. The topological polar surface area (TPSA) is 107 Å². The Bertz CT molecular complexity index is 1470. The highest BCUT2D eigenvalue weighted by Crippen LogP contribution is 2.48. The number of fused-ring (bicyclic) bond motifs is 3. The average molecular weight is 491 g/mol. The summed E-state index contributed by atoms with van der Waals surface area (Å²) in [6.07, 6.45) is 3.00. The maximum absolute atomic E-state index is 12.8. The molecule has 9 nitrogen and oxygen atoms in total. The molecule has 0 aliphatic heterocycles. The Morgan fingerprint density at radius 2 is 1.60 bits per heavy atom. The molecule has 5 aromatic rings. The van der Waals surface area contributed by atoms with Gasteiger partial charge in [-0.3, -0.25) is 4.57 Å². The molecule has 10 heteroatoms. The van der Waals surface area contributed by atoms with Crippen molar-refractivity contribution in [2.24, 2.45) is 0 Å². The number of rotatable bonds is 10. The van der Waals surface area contributed by atoms with Crippen LogP contribution in [0.3, 0.4) is 0 Å². The third-order valence-corrected chi connectivity index (χ3v) is 7.83. The predicted octanol–water partition coefficient (Wildman–Crippen LogP) is 5.53. The van der Waals surface area contributed by atoms with E-state index >= 15 is 0 Å². The summed E-state index contributed by atoms with van der Waals surface area (Å²) in [4.78, 5) is 16.9. The van der Waals surface area contributed by atoms with E-state index in [4.69, 9.17) is 19.1 Å². The van der Waals surface area contributed by atoms with Crippen molar-refractivity contribution in [2.45, 2.75) is 26.7 Å². The summed E-state index contributed by atoms with van der Waals surface area (Å²) >= 11 is 0. The summed E-state index contributed by atoms with van der Waals surface area (Å²) in [5.74, 6) is 1.29. The zero-order valence-corrected chi connectivity index (χ0v) is 20.6. The highest BCUT2D eigenvalue weighted by Gasteiger charge is 2.24. The monoisotopic (exact) mass is 490 g/mol. The van der Waals surface area contributed by atoms with Crippen molar-refractivity contribution in [1.82, 2.24) is 29.5 Å². The number of imidazole rings is 1. The highest BCUT2D eigenvalue weighted by atomic mass is 31.2. The lowest BCUT2D eigenvalue weighted by molar-refractivity contribution is 0.219. The SMILES string of the molecule is CCOP(=O)(CCCc1nc2nc[nH]c2c2nc(-c3ccc(-c4ccccc4)cc3)nn12)OCC. The molecule has 0 saturated heterocycles. The normalized spacial score (nSPS) is 12.1. The molecule has 5 rings (SSSR count). The maximum Gasteiger partial charge on any atom is 0.330 e. The number of hydrogen-bond donors (Lipinski definition) is 1. The summed E-state index contributed by atoms with van der Waals surface area (Å²) in [5, 5.41) is 4.77. The first-order valence-corrected chi connectivity index (χ1v) is 13.5. The molecule has 180 valence electrons. The minimum Gasteiger partial charge on any atom is -0.340 e. The summed E-state index contributed by atoms with van der Waals surface area (Å²) in [7, 11) is -3.12. The van der Waals surface area contributed by atoms with E-state index in [1.807, 2.05) is 44.2 Å². The number of aryl methyl sites for hydroxylation is 1. The van der Waals surface area contributed by atoms with Gasteiger partial charge in [0, 0.05) is 12.0 Å². The van der Waals surface area contributed by atoms with Crippen LogP contribution in [-0.2, 0) is 20.0 Å². The molecular formula is C25H27N6O3P. The van der Waals surface area contributed by atoms with Gasteiger partial charge in [0.1, 0.15) is 11.3 Å². The van der Waals surface area contributed by atoms with Crippen LogP contribution in [0.1, 0.15) is 26.1 Å². The van der Waals surface area contributed by atoms with E-state index in [1.165, 1.54) is 0 Å². The number of nitrogens with zero attached hydrogens (tertiary/aromatic N) is 5. The number of H-pyrrole nitrogens is 1. The molecule has 3 aromatic heterocycles. The number of aromatic nitrogens is 6. The summed E-state index contributed by atoms with van der Waals surface area (Å²) in [5.41, 5.74) is 5.14. The lowest BCUT2D eigenvalue weighted by Crippen LogP contribution is -2.07. The fourth-order valence-electron chi connectivity index (χ4n) is 4.08. The molecule has 0 radical (unpaired) electrons. The molecule has 0 aliphatic rings. The Labute approximate surface area is 203 Å². The lowest BCUT2D eigenvalue weighted by atomic mass is 10.0.